The van der Waals surface area contributed by atoms with Gasteiger partial charge in [-0.25, -0.2) is 0 Å². The van der Waals surface area contributed by atoms with Gasteiger partial charge in [0.25, 0.3) is 0 Å². The SMILES string of the molecule is CCCC(CN)NC(=O)C1OCCC1C. The highest BCUT2D eigenvalue weighted by Gasteiger charge is 2.31. The fourth-order valence-corrected chi connectivity index (χ4v) is 1.91. The van der Waals surface area contributed by atoms with Gasteiger partial charge in [0.05, 0.1) is 0 Å². The van der Waals surface area contributed by atoms with Gasteiger partial charge >= 0.3 is 0 Å². The Morgan fingerprint density at radius 1 is 1.67 bits per heavy atom. The fraction of sp³-hybridized carbons (Fsp3) is 0.909. The van der Waals surface area contributed by atoms with Crippen LogP contribution in [0.25, 0.3) is 0 Å². The molecule has 3 N–H and O–H groups in total. The van der Waals surface area contributed by atoms with Gasteiger partial charge in [0.1, 0.15) is 6.10 Å². The molecule has 4 nitrogen and oxygen atoms in total. The molecule has 3 atom stereocenters. The van der Waals surface area contributed by atoms with Crippen molar-refractivity contribution in [2.24, 2.45) is 11.7 Å². The quantitative estimate of drug-likeness (QED) is 0.706. The number of nitrogens with two attached hydrogens (primary N) is 1. The Morgan fingerprint density at radius 3 is 2.87 bits per heavy atom. The number of rotatable bonds is 5. The first kappa shape index (κ1) is 12.5. The van der Waals surface area contributed by atoms with Gasteiger partial charge in [-0.05, 0) is 18.8 Å². The molecule has 0 radical (unpaired) electrons. The van der Waals surface area contributed by atoms with Crippen LogP contribution in [-0.4, -0.2) is 31.2 Å². The molecule has 1 fully saturated rings. The lowest BCUT2D eigenvalue weighted by Gasteiger charge is -2.20. The monoisotopic (exact) mass is 214 g/mol. The zero-order chi connectivity index (χ0) is 11.3. The Balaban J connectivity index is 2.39. The lowest BCUT2D eigenvalue weighted by molar-refractivity contribution is -0.132. The number of hydrogen-bond donors (Lipinski definition) is 2. The predicted octanol–water partition coefficient (Wildman–Crippen LogP) is 0.655. The molecule has 1 rings (SSSR count). The molecule has 3 unspecified atom stereocenters. The van der Waals surface area contributed by atoms with Crippen LogP contribution in [0.3, 0.4) is 0 Å². The van der Waals surface area contributed by atoms with Crippen molar-refractivity contribution >= 4 is 5.91 Å². The molecule has 4 heteroatoms. The first-order chi connectivity index (χ1) is 7.19. The van der Waals surface area contributed by atoms with Gasteiger partial charge in [0, 0.05) is 19.2 Å². The Labute approximate surface area is 91.5 Å². The second kappa shape index (κ2) is 6.08. The van der Waals surface area contributed by atoms with E-state index in [4.69, 9.17) is 10.5 Å². The molecule has 15 heavy (non-hydrogen) atoms. The summed E-state index contributed by atoms with van der Waals surface area (Å²) in [5, 5.41) is 2.95. The molecule has 0 spiro atoms. The molecule has 1 aliphatic heterocycles. The van der Waals surface area contributed by atoms with Crippen molar-refractivity contribution in [3.63, 3.8) is 0 Å². The predicted molar refractivity (Wildman–Crippen MR) is 59.4 cm³/mol. The Hall–Kier alpha value is -0.610. The third-order valence-corrected chi connectivity index (χ3v) is 2.91. The van der Waals surface area contributed by atoms with Crippen molar-refractivity contribution in [2.75, 3.05) is 13.2 Å². The lowest BCUT2D eigenvalue weighted by atomic mass is 10.0. The highest BCUT2D eigenvalue weighted by Crippen LogP contribution is 2.20. The molecule has 1 aliphatic rings. The van der Waals surface area contributed by atoms with Crippen molar-refractivity contribution < 1.29 is 9.53 Å². The van der Waals surface area contributed by atoms with E-state index in [1.54, 1.807) is 0 Å². The highest BCUT2D eigenvalue weighted by molar-refractivity contribution is 5.81. The maximum atomic E-state index is 11.8. The Kier molecular flexibility index (Phi) is 5.05. The molecule has 0 aromatic rings. The first-order valence-corrected chi connectivity index (χ1v) is 5.81. The fourth-order valence-electron chi connectivity index (χ4n) is 1.91. The van der Waals surface area contributed by atoms with E-state index in [1.165, 1.54) is 0 Å². The number of hydrogen-bond acceptors (Lipinski definition) is 3. The third-order valence-electron chi connectivity index (χ3n) is 2.91. The van der Waals surface area contributed by atoms with Crippen LogP contribution >= 0.6 is 0 Å². The van der Waals surface area contributed by atoms with Crippen molar-refractivity contribution in [3.05, 3.63) is 0 Å². The van der Waals surface area contributed by atoms with Crippen LogP contribution in [-0.2, 0) is 9.53 Å². The number of nitrogens with one attached hydrogen (secondary N) is 1. The van der Waals surface area contributed by atoms with Crippen LogP contribution in [0.1, 0.15) is 33.1 Å². The standard InChI is InChI=1S/C11H22N2O2/c1-3-4-9(7-12)13-11(14)10-8(2)5-6-15-10/h8-10H,3-7,12H2,1-2H3,(H,13,14). The number of ether oxygens (including phenoxy) is 1. The van der Waals surface area contributed by atoms with E-state index in [-0.39, 0.29) is 18.1 Å². The van der Waals surface area contributed by atoms with Gasteiger partial charge in [-0.3, -0.25) is 4.79 Å². The van der Waals surface area contributed by atoms with Crippen LogP contribution in [0, 0.1) is 5.92 Å². The molecule has 0 aromatic carbocycles. The van der Waals surface area contributed by atoms with Crippen LogP contribution in [0.4, 0.5) is 0 Å². The number of carbonyl (C=O) groups is 1. The molecule has 1 heterocycles. The maximum absolute atomic E-state index is 11.8. The van der Waals surface area contributed by atoms with E-state index < -0.39 is 0 Å². The van der Waals surface area contributed by atoms with Gasteiger partial charge in [0.15, 0.2) is 0 Å². The summed E-state index contributed by atoms with van der Waals surface area (Å²) in [7, 11) is 0. The normalized spacial score (nSPS) is 27.7. The Morgan fingerprint density at radius 2 is 2.40 bits per heavy atom. The molecule has 88 valence electrons. The van der Waals surface area contributed by atoms with Crippen LogP contribution in [0.15, 0.2) is 0 Å². The van der Waals surface area contributed by atoms with E-state index in [9.17, 15) is 4.79 Å². The minimum absolute atomic E-state index is 0.00361. The topological polar surface area (TPSA) is 64.3 Å². The smallest absolute Gasteiger partial charge is 0.249 e. The summed E-state index contributed by atoms with van der Waals surface area (Å²) in [6.07, 6.45) is 2.67. The van der Waals surface area contributed by atoms with E-state index in [0.717, 1.165) is 19.3 Å². The largest absolute Gasteiger partial charge is 0.368 e. The third kappa shape index (κ3) is 3.47. The van der Waals surface area contributed by atoms with Gasteiger partial charge in [-0.15, -0.1) is 0 Å². The zero-order valence-corrected chi connectivity index (χ0v) is 9.66. The van der Waals surface area contributed by atoms with Gasteiger partial charge < -0.3 is 15.8 Å². The molecule has 0 aromatic heterocycles. The molecule has 0 saturated carbocycles. The molecule has 0 bridgehead atoms. The van der Waals surface area contributed by atoms with Crippen molar-refractivity contribution in [2.45, 2.75) is 45.3 Å². The zero-order valence-electron chi connectivity index (χ0n) is 9.66. The molecule has 1 amide bonds. The summed E-state index contributed by atoms with van der Waals surface area (Å²) in [6, 6.07) is 0.0962. The van der Waals surface area contributed by atoms with E-state index in [0.29, 0.717) is 19.1 Å². The van der Waals surface area contributed by atoms with Crippen LogP contribution < -0.4 is 11.1 Å². The number of amides is 1. The highest BCUT2D eigenvalue weighted by atomic mass is 16.5. The van der Waals surface area contributed by atoms with Crippen LogP contribution in [0.5, 0.6) is 0 Å². The summed E-state index contributed by atoms with van der Waals surface area (Å²) in [6.45, 7) is 5.33. The summed E-state index contributed by atoms with van der Waals surface area (Å²) < 4.78 is 5.40. The summed E-state index contributed by atoms with van der Waals surface area (Å²) in [4.78, 5) is 11.8. The average molecular weight is 214 g/mol. The minimum Gasteiger partial charge on any atom is -0.368 e. The van der Waals surface area contributed by atoms with Crippen molar-refractivity contribution in [3.8, 4) is 0 Å². The molecular weight excluding hydrogens is 192 g/mol. The summed E-state index contributed by atoms with van der Waals surface area (Å²) in [5.41, 5.74) is 5.58. The first-order valence-electron chi connectivity index (χ1n) is 5.81. The summed E-state index contributed by atoms with van der Waals surface area (Å²) >= 11 is 0. The second-order valence-corrected chi connectivity index (χ2v) is 4.29. The molecule has 1 saturated heterocycles. The summed E-state index contributed by atoms with van der Waals surface area (Å²) in [5.74, 6) is 0.328. The van der Waals surface area contributed by atoms with Crippen molar-refractivity contribution in [1.82, 2.24) is 5.32 Å². The van der Waals surface area contributed by atoms with Gasteiger partial charge in [0.2, 0.25) is 5.91 Å². The Bertz CT molecular complexity index is 209. The van der Waals surface area contributed by atoms with E-state index in [1.807, 2.05) is 0 Å². The van der Waals surface area contributed by atoms with Crippen LogP contribution in [0.2, 0.25) is 0 Å². The second-order valence-electron chi connectivity index (χ2n) is 4.29. The van der Waals surface area contributed by atoms with E-state index >= 15 is 0 Å². The van der Waals surface area contributed by atoms with Gasteiger partial charge in [-0.1, -0.05) is 20.3 Å². The molecular formula is C11H22N2O2. The average Bonchev–Trinajstić information content (AvgIpc) is 2.63. The van der Waals surface area contributed by atoms with E-state index in [2.05, 4.69) is 19.2 Å². The van der Waals surface area contributed by atoms with Gasteiger partial charge in [-0.2, -0.15) is 0 Å². The lowest BCUT2D eigenvalue weighted by Crippen LogP contribution is -2.46. The maximum Gasteiger partial charge on any atom is 0.249 e. The number of carbonyl (C=O) groups excluding carboxylic acids is 1. The minimum atomic E-state index is -0.268. The molecule has 0 aliphatic carbocycles. The van der Waals surface area contributed by atoms with Crippen molar-refractivity contribution in [1.29, 1.82) is 0 Å².